The zero-order valence-electron chi connectivity index (χ0n) is 29.7. The highest BCUT2D eigenvalue weighted by molar-refractivity contribution is 6.74. The second kappa shape index (κ2) is 17.3. The molecule has 0 spiro atoms. The normalized spacial score (nSPS) is 21.6. The summed E-state index contributed by atoms with van der Waals surface area (Å²) in [6.45, 7) is 12.7. The molecule has 0 aliphatic carbocycles. The van der Waals surface area contributed by atoms with E-state index in [9.17, 15) is 0 Å². The Labute approximate surface area is 293 Å². The van der Waals surface area contributed by atoms with Crippen LogP contribution in [0.25, 0.3) is 0 Å². The smallest absolute Gasteiger partial charge is 0.195 e. The van der Waals surface area contributed by atoms with Crippen molar-refractivity contribution < 1.29 is 28.1 Å². The quantitative estimate of drug-likeness (QED) is 0.0925. The predicted octanol–water partition coefficient (Wildman–Crippen LogP) is 8.62. The van der Waals surface area contributed by atoms with E-state index in [1.807, 2.05) is 85.1 Å². The number of methoxy groups -OCH3 is 1. The first-order chi connectivity index (χ1) is 23.6. The standard InChI is InChI=1S/C41H51NO6Si/c1-41(2,3)49(5,6)48-40-37(42-26-31-22-24-35(43-4)25-23-31)39(46-29-34-20-14-9-15-21-34)38(45-28-33-18-12-8-13-19-33)36(47-40)30-44-27-32-16-10-7-11-17-32/h7-26,36-40H,27-30H2,1-6H3/t36-,37-,38-,39-,40?/m1/s1. The van der Waals surface area contributed by atoms with Crippen molar-refractivity contribution in [2.24, 2.45) is 4.99 Å². The highest BCUT2D eigenvalue weighted by atomic mass is 28.4. The predicted molar refractivity (Wildman–Crippen MR) is 197 cm³/mol. The van der Waals surface area contributed by atoms with Crippen LogP contribution in [0.1, 0.15) is 43.0 Å². The molecule has 7 nitrogen and oxygen atoms in total. The number of hydrogen-bond acceptors (Lipinski definition) is 7. The topological polar surface area (TPSA) is 67.7 Å². The van der Waals surface area contributed by atoms with Gasteiger partial charge in [-0.15, -0.1) is 0 Å². The highest BCUT2D eigenvalue weighted by Gasteiger charge is 2.51. The van der Waals surface area contributed by atoms with E-state index in [2.05, 4.69) is 70.3 Å². The maximum atomic E-state index is 7.06. The van der Waals surface area contributed by atoms with Gasteiger partial charge in [-0.25, -0.2) is 0 Å². The average molecular weight is 682 g/mol. The van der Waals surface area contributed by atoms with Gasteiger partial charge in [0.05, 0.1) is 33.5 Å². The summed E-state index contributed by atoms with van der Waals surface area (Å²) in [5.41, 5.74) is 4.15. The van der Waals surface area contributed by atoms with Crippen LogP contribution in [0.2, 0.25) is 18.1 Å². The maximum absolute atomic E-state index is 7.06. The average Bonchev–Trinajstić information content (AvgIpc) is 3.10. The van der Waals surface area contributed by atoms with Gasteiger partial charge in [0, 0.05) is 6.21 Å². The molecular weight excluding hydrogens is 631 g/mol. The van der Waals surface area contributed by atoms with Gasteiger partial charge in [-0.2, -0.15) is 0 Å². The maximum Gasteiger partial charge on any atom is 0.195 e. The fourth-order valence-corrected chi connectivity index (χ4v) is 6.53. The molecule has 0 N–H and O–H groups in total. The second-order valence-electron chi connectivity index (χ2n) is 14.0. The molecule has 1 heterocycles. The van der Waals surface area contributed by atoms with Crippen molar-refractivity contribution in [2.45, 2.75) is 89.4 Å². The first kappa shape index (κ1) is 36.6. The van der Waals surface area contributed by atoms with Crippen LogP contribution in [0.4, 0.5) is 0 Å². The van der Waals surface area contributed by atoms with Crippen LogP contribution in [-0.4, -0.2) is 58.9 Å². The van der Waals surface area contributed by atoms with E-state index in [-0.39, 0.29) is 5.04 Å². The molecule has 8 heteroatoms. The zero-order chi connectivity index (χ0) is 34.7. The van der Waals surface area contributed by atoms with Crippen molar-refractivity contribution in [3.05, 3.63) is 138 Å². The summed E-state index contributed by atoms with van der Waals surface area (Å²) in [4.78, 5) is 5.18. The molecule has 4 aromatic carbocycles. The second-order valence-corrected chi connectivity index (χ2v) is 18.7. The molecule has 0 radical (unpaired) electrons. The van der Waals surface area contributed by atoms with Crippen molar-refractivity contribution in [1.82, 2.24) is 0 Å². The molecular formula is C41H51NO6Si. The van der Waals surface area contributed by atoms with Crippen LogP contribution in [-0.2, 0) is 43.2 Å². The minimum atomic E-state index is -2.33. The van der Waals surface area contributed by atoms with Crippen LogP contribution in [0.15, 0.2) is 120 Å². The Hall–Kier alpha value is -3.63. The summed E-state index contributed by atoms with van der Waals surface area (Å²) in [7, 11) is -0.668. The zero-order valence-corrected chi connectivity index (χ0v) is 30.7. The summed E-state index contributed by atoms with van der Waals surface area (Å²) in [5.74, 6) is 0.786. The molecule has 49 heavy (non-hydrogen) atoms. The first-order valence-corrected chi connectivity index (χ1v) is 20.0. The van der Waals surface area contributed by atoms with Crippen molar-refractivity contribution in [2.75, 3.05) is 13.7 Å². The monoisotopic (exact) mass is 681 g/mol. The Morgan fingerprint density at radius 1 is 0.694 bits per heavy atom. The fourth-order valence-electron chi connectivity index (χ4n) is 5.40. The van der Waals surface area contributed by atoms with Gasteiger partial charge in [-0.3, -0.25) is 4.99 Å². The van der Waals surface area contributed by atoms with Crippen molar-refractivity contribution in [3.8, 4) is 5.75 Å². The lowest BCUT2D eigenvalue weighted by atomic mass is 9.96. The van der Waals surface area contributed by atoms with Crippen LogP contribution < -0.4 is 4.74 Å². The van der Waals surface area contributed by atoms with Crippen molar-refractivity contribution in [1.29, 1.82) is 0 Å². The van der Waals surface area contributed by atoms with E-state index in [1.54, 1.807) is 7.11 Å². The number of benzene rings is 4. The van der Waals surface area contributed by atoms with Crippen LogP contribution in [0.3, 0.4) is 0 Å². The summed E-state index contributed by atoms with van der Waals surface area (Å²) in [5, 5.41) is -0.0546. The van der Waals surface area contributed by atoms with Crippen LogP contribution in [0, 0.1) is 0 Å². The van der Waals surface area contributed by atoms with Crippen molar-refractivity contribution >= 4 is 14.5 Å². The molecule has 0 amide bonds. The first-order valence-electron chi connectivity index (χ1n) is 17.1. The molecule has 260 valence electrons. The van der Waals surface area contributed by atoms with E-state index in [0.717, 1.165) is 28.0 Å². The number of hydrogen-bond donors (Lipinski definition) is 0. The Bertz CT molecular complexity index is 1560. The van der Waals surface area contributed by atoms with E-state index < -0.39 is 39.0 Å². The molecule has 4 aromatic rings. The van der Waals surface area contributed by atoms with Gasteiger partial charge in [0.15, 0.2) is 14.6 Å². The van der Waals surface area contributed by atoms with Gasteiger partial charge in [0.1, 0.15) is 30.1 Å². The molecule has 5 atom stereocenters. The summed E-state index contributed by atoms with van der Waals surface area (Å²) >= 11 is 0. The molecule has 1 fully saturated rings. The number of rotatable bonds is 15. The Kier molecular flexibility index (Phi) is 13.0. The Balaban J connectivity index is 1.52. The van der Waals surface area contributed by atoms with Crippen LogP contribution in [0.5, 0.6) is 5.75 Å². The Morgan fingerprint density at radius 2 is 1.20 bits per heavy atom. The summed E-state index contributed by atoms with van der Waals surface area (Å²) in [6.07, 6.45) is -0.299. The van der Waals surface area contributed by atoms with Gasteiger partial charge < -0.3 is 28.1 Å². The van der Waals surface area contributed by atoms with E-state index in [1.165, 1.54) is 0 Å². The number of aliphatic imine (C=N–C) groups is 1. The number of ether oxygens (including phenoxy) is 5. The van der Waals surface area contributed by atoms with Gasteiger partial charge in [0.2, 0.25) is 0 Å². The van der Waals surface area contributed by atoms with Crippen LogP contribution >= 0.6 is 0 Å². The molecule has 5 rings (SSSR count). The summed E-state index contributed by atoms with van der Waals surface area (Å²) in [6, 6.07) is 37.8. The van der Waals surface area contributed by atoms with Crippen molar-refractivity contribution in [3.63, 3.8) is 0 Å². The molecule has 0 saturated carbocycles. The van der Waals surface area contributed by atoms with Gasteiger partial charge in [-0.05, 0) is 64.7 Å². The third-order valence-corrected chi connectivity index (χ3v) is 13.7. The van der Waals surface area contributed by atoms with Gasteiger partial charge >= 0.3 is 0 Å². The summed E-state index contributed by atoms with van der Waals surface area (Å²) < 4.78 is 39.3. The third-order valence-electron chi connectivity index (χ3n) is 9.31. The SMILES string of the molecule is COc1ccc(C=N[C@H]2C(O[Si](C)(C)C(C)(C)C)O[C@H](COCc3ccccc3)[C@@H](OCc3ccccc3)[C@@H]2OCc2ccccc2)cc1. The fraction of sp³-hybridized carbons (Fsp3) is 0.390. The largest absolute Gasteiger partial charge is 0.497 e. The molecule has 0 aromatic heterocycles. The number of nitrogens with zero attached hydrogens (tertiary/aromatic N) is 1. The van der Waals surface area contributed by atoms with E-state index in [4.69, 9.17) is 33.1 Å². The molecule has 1 aliphatic heterocycles. The van der Waals surface area contributed by atoms with Gasteiger partial charge in [0.25, 0.3) is 0 Å². The molecule has 1 unspecified atom stereocenters. The Morgan fingerprint density at radius 3 is 1.71 bits per heavy atom. The minimum absolute atomic E-state index is 0.0546. The lowest BCUT2D eigenvalue weighted by molar-refractivity contribution is -0.268. The molecule has 1 aliphatic rings. The van der Waals surface area contributed by atoms with Gasteiger partial charge in [-0.1, -0.05) is 112 Å². The lowest BCUT2D eigenvalue weighted by Gasteiger charge is -2.48. The minimum Gasteiger partial charge on any atom is -0.497 e. The third kappa shape index (κ3) is 10.4. The highest BCUT2D eigenvalue weighted by Crippen LogP contribution is 2.40. The van der Waals surface area contributed by atoms with E-state index in [0.29, 0.717) is 26.4 Å². The van der Waals surface area contributed by atoms with E-state index >= 15 is 0 Å². The lowest BCUT2D eigenvalue weighted by Crippen LogP contribution is -2.62. The molecule has 1 saturated heterocycles. The molecule has 0 bridgehead atoms.